The molecular weight excluding hydrogens is 288 g/mol. The van der Waals surface area contributed by atoms with Crippen molar-refractivity contribution in [2.45, 2.75) is 82.4 Å². The van der Waals surface area contributed by atoms with Crippen LogP contribution in [0.15, 0.2) is 24.5 Å². The largest absolute Gasteiger partial charge is 0.375 e. The Kier molecular flexibility index (Phi) is 4.81. The third kappa shape index (κ3) is 3.97. The van der Waals surface area contributed by atoms with E-state index in [0.717, 1.165) is 32.3 Å². The third-order valence-corrected chi connectivity index (χ3v) is 5.49. The summed E-state index contributed by atoms with van der Waals surface area (Å²) in [5.41, 5.74) is -0.147. The minimum absolute atomic E-state index is 0.0213. The highest BCUT2D eigenvalue weighted by atomic mass is 16.5. The maximum Gasteiger partial charge on any atom is 0.222 e. The Bertz CT molecular complexity index is 515. The van der Waals surface area contributed by atoms with E-state index in [2.05, 4.69) is 48.3 Å². The highest BCUT2D eigenvalue weighted by molar-refractivity contribution is 5.77. The van der Waals surface area contributed by atoms with Crippen LogP contribution in [-0.4, -0.2) is 28.7 Å². The fourth-order valence-corrected chi connectivity index (χ4v) is 4.32. The van der Waals surface area contributed by atoms with Crippen LogP contribution in [0.5, 0.6) is 0 Å². The van der Waals surface area contributed by atoms with Crippen LogP contribution in [0, 0.1) is 0 Å². The number of rotatable bonds is 4. The minimum Gasteiger partial charge on any atom is -0.375 e. The van der Waals surface area contributed by atoms with Crippen LogP contribution in [0.1, 0.15) is 65.2 Å². The average molecular weight is 318 g/mol. The van der Waals surface area contributed by atoms with Crippen LogP contribution in [0.2, 0.25) is 0 Å². The number of aromatic nitrogens is 1. The predicted octanol–water partition coefficient (Wildman–Crippen LogP) is 3.61. The summed E-state index contributed by atoms with van der Waals surface area (Å²) in [6.07, 6.45) is 12.6. The molecule has 2 fully saturated rings. The Hall–Kier alpha value is -1.29. The third-order valence-electron chi connectivity index (χ3n) is 5.49. The molecule has 1 aliphatic carbocycles. The normalized spacial score (nSPS) is 26.6. The van der Waals surface area contributed by atoms with Gasteiger partial charge in [0.05, 0.1) is 17.6 Å². The maximum absolute atomic E-state index is 12.7. The maximum atomic E-state index is 12.7. The number of hydrogen-bond donors (Lipinski definition) is 1. The summed E-state index contributed by atoms with van der Waals surface area (Å²) in [7, 11) is 0. The molecule has 1 aromatic rings. The van der Waals surface area contributed by atoms with Crippen molar-refractivity contribution in [1.29, 1.82) is 0 Å². The van der Waals surface area contributed by atoms with Crippen LogP contribution >= 0.6 is 0 Å². The first kappa shape index (κ1) is 16.6. The van der Waals surface area contributed by atoms with E-state index in [1.54, 1.807) is 0 Å². The van der Waals surface area contributed by atoms with Gasteiger partial charge in [-0.2, -0.15) is 0 Å². The number of nitrogens with one attached hydrogen (secondary N) is 1. The van der Waals surface area contributed by atoms with Gasteiger partial charge in [0.1, 0.15) is 0 Å². The summed E-state index contributed by atoms with van der Waals surface area (Å²) < 4.78 is 8.03. The zero-order valence-electron chi connectivity index (χ0n) is 14.5. The van der Waals surface area contributed by atoms with Crippen molar-refractivity contribution in [3.05, 3.63) is 24.5 Å². The molecule has 1 saturated heterocycles. The number of ether oxygens (including phenoxy) is 1. The lowest BCUT2D eigenvalue weighted by Gasteiger charge is -2.40. The van der Waals surface area contributed by atoms with Crippen LogP contribution in [-0.2, 0) is 15.1 Å². The van der Waals surface area contributed by atoms with Crippen LogP contribution < -0.4 is 5.32 Å². The van der Waals surface area contributed by atoms with Gasteiger partial charge in [-0.3, -0.25) is 4.79 Å². The highest BCUT2D eigenvalue weighted by Crippen LogP contribution is 2.38. The molecule has 0 unspecified atom stereocenters. The zero-order valence-corrected chi connectivity index (χ0v) is 14.5. The lowest BCUT2D eigenvalue weighted by atomic mass is 9.78. The van der Waals surface area contributed by atoms with Crippen molar-refractivity contribution in [2.24, 2.45) is 0 Å². The smallest absolute Gasteiger partial charge is 0.222 e. The van der Waals surface area contributed by atoms with E-state index >= 15 is 0 Å². The van der Waals surface area contributed by atoms with Crippen LogP contribution in [0.4, 0.5) is 0 Å². The molecule has 128 valence electrons. The molecule has 1 amide bonds. The SMILES string of the molecule is CC1(C)C[C@H](NC(=O)CC2(n3cccc3)CCCCC2)CCO1. The van der Waals surface area contributed by atoms with Gasteiger partial charge in [0.25, 0.3) is 0 Å². The quantitative estimate of drug-likeness (QED) is 0.921. The topological polar surface area (TPSA) is 43.3 Å². The summed E-state index contributed by atoms with van der Waals surface area (Å²) >= 11 is 0. The van der Waals surface area contributed by atoms with Crippen LogP contribution in [0.3, 0.4) is 0 Å². The van der Waals surface area contributed by atoms with Gasteiger partial charge in [0.2, 0.25) is 5.91 Å². The second-order valence-corrected chi connectivity index (χ2v) is 7.92. The van der Waals surface area contributed by atoms with E-state index in [4.69, 9.17) is 4.74 Å². The van der Waals surface area contributed by atoms with Crippen molar-refractivity contribution in [1.82, 2.24) is 9.88 Å². The van der Waals surface area contributed by atoms with E-state index in [9.17, 15) is 4.79 Å². The van der Waals surface area contributed by atoms with Crippen molar-refractivity contribution in [3.63, 3.8) is 0 Å². The highest BCUT2D eigenvalue weighted by Gasteiger charge is 2.37. The Labute approximate surface area is 139 Å². The first-order valence-electron chi connectivity index (χ1n) is 9.06. The number of carbonyl (C=O) groups excluding carboxylic acids is 1. The van der Waals surface area contributed by atoms with E-state index in [1.807, 2.05) is 0 Å². The van der Waals surface area contributed by atoms with Crippen molar-refractivity contribution < 1.29 is 9.53 Å². The summed E-state index contributed by atoms with van der Waals surface area (Å²) in [4.78, 5) is 12.7. The molecule has 4 heteroatoms. The molecule has 23 heavy (non-hydrogen) atoms. The molecule has 3 rings (SSSR count). The van der Waals surface area contributed by atoms with Gasteiger partial charge in [-0.25, -0.2) is 0 Å². The second kappa shape index (κ2) is 6.68. The number of amides is 1. The van der Waals surface area contributed by atoms with E-state index < -0.39 is 0 Å². The fourth-order valence-electron chi connectivity index (χ4n) is 4.32. The van der Waals surface area contributed by atoms with Crippen molar-refractivity contribution in [2.75, 3.05) is 6.61 Å². The fraction of sp³-hybridized carbons (Fsp3) is 0.737. The molecule has 2 aliphatic rings. The lowest BCUT2D eigenvalue weighted by molar-refractivity contribution is -0.126. The van der Waals surface area contributed by atoms with E-state index in [0.29, 0.717) is 6.42 Å². The Balaban J connectivity index is 1.65. The van der Waals surface area contributed by atoms with E-state index in [-0.39, 0.29) is 23.1 Å². The van der Waals surface area contributed by atoms with Gasteiger partial charge in [-0.05, 0) is 51.7 Å². The first-order valence-corrected chi connectivity index (χ1v) is 9.06. The van der Waals surface area contributed by atoms with Gasteiger partial charge in [0, 0.05) is 25.0 Å². The molecule has 4 nitrogen and oxygen atoms in total. The zero-order chi connectivity index (χ0) is 16.3. The summed E-state index contributed by atoms with van der Waals surface area (Å²) in [5.74, 6) is 0.198. The minimum atomic E-state index is -0.126. The molecule has 0 aromatic carbocycles. The Morgan fingerprint density at radius 2 is 1.91 bits per heavy atom. The molecule has 0 bridgehead atoms. The van der Waals surface area contributed by atoms with Gasteiger partial charge in [-0.15, -0.1) is 0 Å². The van der Waals surface area contributed by atoms with Gasteiger partial charge >= 0.3 is 0 Å². The molecule has 1 aliphatic heterocycles. The molecule has 1 atom stereocenters. The Morgan fingerprint density at radius 1 is 1.22 bits per heavy atom. The lowest BCUT2D eigenvalue weighted by Crippen LogP contribution is -2.48. The number of hydrogen-bond acceptors (Lipinski definition) is 2. The van der Waals surface area contributed by atoms with Crippen molar-refractivity contribution in [3.8, 4) is 0 Å². The molecule has 1 aromatic heterocycles. The first-order chi connectivity index (χ1) is 11.0. The molecule has 1 saturated carbocycles. The molecule has 1 N–H and O–H groups in total. The van der Waals surface area contributed by atoms with Gasteiger partial charge in [-0.1, -0.05) is 19.3 Å². The van der Waals surface area contributed by atoms with Gasteiger partial charge in [0.15, 0.2) is 0 Å². The standard InChI is InChI=1S/C19H30N2O2/c1-18(2)14-16(8-13-23-18)20-17(22)15-19(9-4-3-5-10-19)21-11-6-7-12-21/h6-7,11-12,16H,3-5,8-10,13-15H2,1-2H3,(H,20,22)/t16-/m1/s1. The molecule has 0 radical (unpaired) electrons. The summed E-state index contributed by atoms with van der Waals surface area (Å²) in [6.45, 7) is 4.95. The second-order valence-electron chi connectivity index (χ2n) is 7.92. The van der Waals surface area contributed by atoms with E-state index in [1.165, 1.54) is 19.3 Å². The molecule has 2 heterocycles. The Morgan fingerprint density at radius 3 is 2.57 bits per heavy atom. The summed E-state index contributed by atoms with van der Waals surface area (Å²) in [5, 5.41) is 3.28. The van der Waals surface area contributed by atoms with Gasteiger partial charge < -0.3 is 14.6 Å². The predicted molar refractivity (Wildman–Crippen MR) is 91.3 cm³/mol. The summed E-state index contributed by atoms with van der Waals surface area (Å²) in [6, 6.07) is 4.38. The van der Waals surface area contributed by atoms with Crippen LogP contribution in [0.25, 0.3) is 0 Å². The van der Waals surface area contributed by atoms with Crippen molar-refractivity contribution >= 4 is 5.91 Å². The monoisotopic (exact) mass is 318 g/mol. The average Bonchev–Trinajstić information content (AvgIpc) is 3.01. The number of carbonyl (C=O) groups is 1. The molecule has 0 spiro atoms. The number of nitrogens with zero attached hydrogens (tertiary/aromatic N) is 1. The molecular formula is C19H30N2O2.